The zero-order valence-corrected chi connectivity index (χ0v) is 15.6. The fourth-order valence-electron chi connectivity index (χ4n) is 3.66. The van der Waals surface area contributed by atoms with Gasteiger partial charge in [-0.3, -0.25) is 4.79 Å². The van der Waals surface area contributed by atoms with Gasteiger partial charge in [0.05, 0.1) is 31.3 Å². The van der Waals surface area contributed by atoms with Crippen LogP contribution in [0.15, 0.2) is 42.5 Å². The van der Waals surface area contributed by atoms with E-state index in [1.807, 2.05) is 12.1 Å². The maximum absolute atomic E-state index is 12.7. The quantitative estimate of drug-likeness (QED) is 0.847. The van der Waals surface area contributed by atoms with Crippen LogP contribution in [0.4, 0.5) is 10.5 Å². The summed E-state index contributed by atoms with van der Waals surface area (Å²) in [5, 5.41) is 3.34. The van der Waals surface area contributed by atoms with Crippen LogP contribution in [0.1, 0.15) is 23.2 Å². The Labute approximate surface area is 162 Å². The van der Waals surface area contributed by atoms with E-state index in [4.69, 9.17) is 21.1 Å². The van der Waals surface area contributed by atoms with Gasteiger partial charge < -0.3 is 19.7 Å². The Hall–Kier alpha value is -2.73. The summed E-state index contributed by atoms with van der Waals surface area (Å²) in [6, 6.07) is 12.0. The van der Waals surface area contributed by atoms with E-state index in [0.717, 1.165) is 0 Å². The Kier molecular flexibility index (Phi) is 4.44. The number of ketones is 1. The number of urea groups is 1. The summed E-state index contributed by atoms with van der Waals surface area (Å²) < 4.78 is 11.4. The zero-order valence-electron chi connectivity index (χ0n) is 14.8. The van der Waals surface area contributed by atoms with Crippen LogP contribution in [-0.4, -0.2) is 42.5 Å². The van der Waals surface area contributed by atoms with Crippen LogP contribution in [0, 0.1) is 0 Å². The van der Waals surface area contributed by atoms with Crippen molar-refractivity contribution in [3.63, 3.8) is 0 Å². The van der Waals surface area contributed by atoms with Crippen LogP contribution in [0.25, 0.3) is 0 Å². The van der Waals surface area contributed by atoms with E-state index in [1.165, 1.54) is 7.11 Å². The highest BCUT2D eigenvalue weighted by molar-refractivity contribution is 6.31. The molecule has 1 atom stereocenters. The van der Waals surface area contributed by atoms with Crippen molar-refractivity contribution in [2.75, 3.05) is 25.5 Å². The number of benzene rings is 2. The molecular weight excluding hydrogens is 368 g/mol. The topological polar surface area (TPSA) is 67.9 Å². The third-order valence-electron chi connectivity index (χ3n) is 5.00. The van der Waals surface area contributed by atoms with Gasteiger partial charge in [-0.2, -0.15) is 0 Å². The van der Waals surface area contributed by atoms with Gasteiger partial charge in [0.15, 0.2) is 5.78 Å². The SMILES string of the molecule is COc1ccc(Cl)cc1NC(=O)N1CCC2(CC(=O)c3ccccc3O2)C1. The first kappa shape index (κ1) is 17.7. The Bertz CT molecular complexity index is 917. The van der Waals surface area contributed by atoms with Gasteiger partial charge in [-0.05, 0) is 30.3 Å². The van der Waals surface area contributed by atoms with E-state index in [0.29, 0.717) is 47.3 Å². The highest BCUT2D eigenvalue weighted by Crippen LogP contribution is 2.39. The number of rotatable bonds is 2. The summed E-state index contributed by atoms with van der Waals surface area (Å²) in [6.45, 7) is 0.853. The van der Waals surface area contributed by atoms with Gasteiger partial charge in [-0.15, -0.1) is 0 Å². The second-order valence-corrected chi connectivity index (χ2v) is 7.26. The lowest BCUT2D eigenvalue weighted by Gasteiger charge is -2.34. The molecule has 1 unspecified atom stereocenters. The molecule has 1 fully saturated rings. The second kappa shape index (κ2) is 6.78. The normalized spacial score (nSPS) is 21.0. The van der Waals surface area contributed by atoms with Gasteiger partial charge >= 0.3 is 6.03 Å². The molecule has 0 saturated carbocycles. The first-order chi connectivity index (χ1) is 13.0. The van der Waals surface area contributed by atoms with Gasteiger partial charge in [0.2, 0.25) is 0 Å². The van der Waals surface area contributed by atoms with Crippen LogP contribution in [0.3, 0.4) is 0 Å². The number of Topliss-reactive ketones (excluding diaryl/α,β-unsaturated/α-hetero) is 1. The number of hydrogen-bond donors (Lipinski definition) is 1. The van der Waals surface area contributed by atoms with E-state index in [9.17, 15) is 9.59 Å². The van der Waals surface area contributed by atoms with Gasteiger partial charge in [0, 0.05) is 18.0 Å². The number of para-hydroxylation sites is 1. The number of likely N-dealkylation sites (tertiary alicyclic amines) is 1. The Morgan fingerprint density at radius 1 is 1.30 bits per heavy atom. The maximum atomic E-state index is 12.7. The Morgan fingerprint density at radius 3 is 2.93 bits per heavy atom. The number of nitrogens with zero attached hydrogens (tertiary/aromatic N) is 1. The zero-order chi connectivity index (χ0) is 19.0. The molecule has 1 saturated heterocycles. The van der Waals surface area contributed by atoms with E-state index >= 15 is 0 Å². The molecule has 0 aromatic heterocycles. The lowest BCUT2D eigenvalue weighted by Crippen LogP contribution is -2.46. The number of ether oxygens (including phenoxy) is 2. The van der Waals surface area contributed by atoms with Crippen molar-refractivity contribution < 1.29 is 19.1 Å². The molecular formula is C20H19ClN2O4. The van der Waals surface area contributed by atoms with Crippen molar-refractivity contribution in [1.82, 2.24) is 4.90 Å². The minimum atomic E-state index is -0.665. The van der Waals surface area contributed by atoms with Crippen molar-refractivity contribution in [3.8, 4) is 11.5 Å². The van der Waals surface area contributed by atoms with Gasteiger partial charge in [-0.25, -0.2) is 4.79 Å². The minimum Gasteiger partial charge on any atom is -0.495 e. The van der Waals surface area contributed by atoms with Crippen LogP contribution in [0.5, 0.6) is 11.5 Å². The predicted molar refractivity (Wildman–Crippen MR) is 102 cm³/mol. The molecule has 2 heterocycles. The second-order valence-electron chi connectivity index (χ2n) is 6.83. The fourth-order valence-corrected chi connectivity index (χ4v) is 3.83. The molecule has 2 aliphatic rings. The number of carbonyl (C=O) groups excluding carboxylic acids is 2. The number of methoxy groups -OCH3 is 1. The molecule has 2 aliphatic heterocycles. The van der Waals surface area contributed by atoms with Crippen molar-refractivity contribution >= 4 is 29.1 Å². The van der Waals surface area contributed by atoms with E-state index in [-0.39, 0.29) is 18.2 Å². The minimum absolute atomic E-state index is 0.0515. The maximum Gasteiger partial charge on any atom is 0.322 e. The monoisotopic (exact) mass is 386 g/mol. The summed E-state index contributed by atoms with van der Waals surface area (Å²) in [4.78, 5) is 26.9. The van der Waals surface area contributed by atoms with Crippen molar-refractivity contribution in [3.05, 3.63) is 53.1 Å². The summed E-state index contributed by atoms with van der Waals surface area (Å²) in [5.41, 5.74) is 0.443. The standard InChI is InChI=1S/C20H19ClN2O4/c1-26-18-7-6-13(21)10-15(18)22-19(25)23-9-8-20(12-23)11-16(24)14-4-2-3-5-17(14)27-20/h2-7,10H,8-9,11-12H2,1H3,(H,22,25). The third-order valence-corrected chi connectivity index (χ3v) is 5.24. The highest BCUT2D eigenvalue weighted by atomic mass is 35.5. The molecule has 0 aliphatic carbocycles. The number of hydrogen-bond acceptors (Lipinski definition) is 4. The third kappa shape index (κ3) is 3.32. The van der Waals surface area contributed by atoms with E-state index in [2.05, 4.69) is 5.32 Å². The van der Waals surface area contributed by atoms with Gasteiger partial charge in [-0.1, -0.05) is 23.7 Å². The molecule has 4 rings (SSSR count). The van der Waals surface area contributed by atoms with E-state index in [1.54, 1.807) is 35.2 Å². The molecule has 0 bridgehead atoms. The van der Waals surface area contributed by atoms with Crippen LogP contribution < -0.4 is 14.8 Å². The summed E-state index contributed by atoms with van der Waals surface area (Å²) in [6.07, 6.45) is 0.876. The number of carbonyl (C=O) groups is 2. The average Bonchev–Trinajstić information content (AvgIpc) is 3.05. The van der Waals surface area contributed by atoms with Crippen LogP contribution >= 0.6 is 11.6 Å². The molecule has 2 amide bonds. The average molecular weight is 387 g/mol. The molecule has 0 radical (unpaired) electrons. The number of nitrogens with one attached hydrogen (secondary N) is 1. The number of halogens is 1. The summed E-state index contributed by atoms with van der Waals surface area (Å²) >= 11 is 6.02. The molecule has 1 spiro atoms. The number of amides is 2. The molecule has 6 nitrogen and oxygen atoms in total. The molecule has 2 aromatic rings. The van der Waals surface area contributed by atoms with Crippen LogP contribution in [0.2, 0.25) is 5.02 Å². The number of anilines is 1. The van der Waals surface area contributed by atoms with E-state index < -0.39 is 5.60 Å². The predicted octanol–water partition coefficient (Wildman–Crippen LogP) is 3.99. The van der Waals surface area contributed by atoms with Crippen molar-refractivity contribution in [2.24, 2.45) is 0 Å². The molecule has 7 heteroatoms. The van der Waals surface area contributed by atoms with Gasteiger partial charge in [0.1, 0.15) is 17.1 Å². The molecule has 2 aromatic carbocycles. The lowest BCUT2D eigenvalue weighted by atomic mass is 9.89. The molecule has 27 heavy (non-hydrogen) atoms. The molecule has 140 valence electrons. The lowest BCUT2D eigenvalue weighted by molar-refractivity contribution is 0.0482. The Morgan fingerprint density at radius 2 is 2.11 bits per heavy atom. The summed E-state index contributed by atoms with van der Waals surface area (Å²) in [7, 11) is 1.53. The fraction of sp³-hybridized carbons (Fsp3) is 0.300. The first-order valence-electron chi connectivity index (χ1n) is 8.70. The summed E-state index contributed by atoms with van der Waals surface area (Å²) in [5.74, 6) is 1.17. The van der Waals surface area contributed by atoms with Crippen molar-refractivity contribution in [1.29, 1.82) is 0 Å². The van der Waals surface area contributed by atoms with Crippen molar-refractivity contribution in [2.45, 2.75) is 18.4 Å². The first-order valence-corrected chi connectivity index (χ1v) is 9.08. The number of fused-ring (bicyclic) bond motifs is 1. The van der Waals surface area contributed by atoms with Gasteiger partial charge in [0.25, 0.3) is 0 Å². The van der Waals surface area contributed by atoms with Crippen LogP contribution in [-0.2, 0) is 0 Å². The smallest absolute Gasteiger partial charge is 0.322 e. The molecule has 1 N–H and O–H groups in total. The highest BCUT2D eigenvalue weighted by Gasteiger charge is 2.47. The largest absolute Gasteiger partial charge is 0.495 e. The Balaban J connectivity index is 1.49.